The lowest BCUT2D eigenvalue weighted by atomic mass is 10.2. The van der Waals surface area contributed by atoms with E-state index in [0.717, 1.165) is 13.0 Å². The number of thioether (sulfide) groups is 1. The standard InChI is InChI=1S/C9H18N2S/c1-3-8(7-12-2)11-9-5-4-6-10-9/h8H,3-7H2,1-2H3,(H,10,11). The Balaban J connectivity index is 2.25. The summed E-state index contributed by atoms with van der Waals surface area (Å²) >= 11 is 1.90. The van der Waals surface area contributed by atoms with E-state index >= 15 is 0 Å². The van der Waals surface area contributed by atoms with Crippen LogP contribution in [0.4, 0.5) is 0 Å². The second-order valence-electron chi connectivity index (χ2n) is 3.14. The number of aliphatic imine (C=N–C) groups is 1. The minimum absolute atomic E-state index is 0.622. The molecule has 0 saturated heterocycles. The molecule has 3 heteroatoms. The van der Waals surface area contributed by atoms with Crippen LogP contribution < -0.4 is 5.32 Å². The quantitative estimate of drug-likeness (QED) is 0.725. The molecule has 0 bridgehead atoms. The molecule has 0 aromatic carbocycles. The van der Waals surface area contributed by atoms with Crippen molar-refractivity contribution in [3.63, 3.8) is 0 Å². The second-order valence-corrected chi connectivity index (χ2v) is 4.05. The molecule has 0 aromatic heterocycles. The van der Waals surface area contributed by atoms with Crippen molar-refractivity contribution in [2.45, 2.75) is 32.2 Å². The van der Waals surface area contributed by atoms with Crippen LogP contribution in [-0.4, -0.2) is 30.4 Å². The summed E-state index contributed by atoms with van der Waals surface area (Å²) in [5.41, 5.74) is 0. The van der Waals surface area contributed by atoms with Crippen LogP contribution in [0.15, 0.2) is 4.99 Å². The van der Waals surface area contributed by atoms with Gasteiger partial charge in [-0.25, -0.2) is 0 Å². The highest BCUT2D eigenvalue weighted by Crippen LogP contribution is 2.06. The van der Waals surface area contributed by atoms with E-state index in [1.54, 1.807) is 0 Å². The first kappa shape index (κ1) is 9.90. The molecule has 1 N–H and O–H groups in total. The fourth-order valence-corrected chi connectivity index (χ4v) is 2.08. The van der Waals surface area contributed by atoms with Gasteiger partial charge in [0.2, 0.25) is 0 Å². The van der Waals surface area contributed by atoms with Crippen LogP contribution in [-0.2, 0) is 0 Å². The highest BCUT2D eigenvalue weighted by molar-refractivity contribution is 7.98. The summed E-state index contributed by atoms with van der Waals surface area (Å²) in [7, 11) is 0. The van der Waals surface area contributed by atoms with E-state index in [1.165, 1.54) is 24.4 Å². The lowest BCUT2D eigenvalue weighted by molar-refractivity contribution is 0.647. The van der Waals surface area contributed by atoms with Crippen molar-refractivity contribution in [2.75, 3.05) is 18.6 Å². The van der Waals surface area contributed by atoms with Gasteiger partial charge in [-0.3, -0.25) is 4.99 Å². The molecule has 0 radical (unpaired) electrons. The van der Waals surface area contributed by atoms with Gasteiger partial charge in [0, 0.05) is 24.8 Å². The number of nitrogens with one attached hydrogen (secondary N) is 1. The smallest absolute Gasteiger partial charge is 0.0966 e. The first-order valence-corrected chi connectivity index (χ1v) is 6.05. The van der Waals surface area contributed by atoms with Crippen LogP contribution in [0.3, 0.4) is 0 Å². The Morgan fingerprint density at radius 1 is 1.67 bits per heavy atom. The average molecular weight is 186 g/mol. The Morgan fingerprint density at radius 2 is 2.50 bits per heavy atom. The Morgan fingerprint density at radius 3 is 3.00 bits per heavy atom. The SMILES string of the molecule is CCC(CSC)NC1=NCCC1. The van der Waals surface area contributed by atoms with Crippen molar-refractivity contribution >= 4 is 17.6 Å². The van der Waals surface area contributed by atoms with Crippen LogP contribution in [0.25, 0.3) is 0 Å². The number of rotatable bonds is 4. The summed E-state index contributed by atoms with van der Waals surface area (Å²) < 4.78 is 0. The van der Waals surface area contributed by atoms with E-state index in [2.05, 4.69) is 23.5 Å². The lowest BCUT2D eigenvalue weighted by Crippen LogP contribution is -2.35. The summed E-state index contributed by atoms with van der Waals surface area (Å²) in [5.74, 6) is 2.42. The molecule has 0 amide bonds. The average Bonchev–Trinajstić information content (AvgIpc) is 2.56. The molecule has 1 heterocycles. The van der Waals surface area contributed by atoms with Gasteiger partial charge in [-0.05, 0) is 19.1 Å². The van der Waals surface area contributed by atoms with Crippen molar-refractivity contribution in [3.05, 3.63) is 0 Å². The first-order valence-electron chi connectivity index (χ1n) is 4.65. The third-order valence-electron chi connectivity index (χ3n) is 2.11. The predicted octanol–water partition coefficient (Wildman–Crippen LogP) is 1.91. The van der Waals surface area contributed by atoms with Crippen LogP contribution in [0.5, 0.6) is 0 Å². The van der Waals surface area contributed by atoms with E-state index in [1.807, 2.05) is 11.8 Å². The normalized spacial score (nSPS) is 19.0. The lowest BCUT2D eigenvalue weighted by Gasteiger charge is -2.16. The number of amidine groups is 1. The van der Waals surface area contributed by atoms with Crippen molar-refractivity contribution < 1.29 is 0 Å². The molecule has 0 fully saturated rings. The van der Waals surface area contributed by atoms with Gasteiger partial charge in [-0.1, -0.05) is 6.92 Å². The Kier molecular flexibility index (Phi) is 4.51. The highest BCUT2D eigenvalue weighted by atomic mass is 32.2. The molecule has 0 spiro atoms. The molecular weight excluding hydrogens is 168 g/mol. The summed E-state index contributed by atoms with van der Waals surface area (Å²) in [6, 6.07) is 0.622. The maximum atomic E-state index is 4.40. The minimum Gasteiger partial charge on any atom is -0.370 e. The Bertz CT molecular complexity index is 157. The van der Waals surface area contributed by atoms with Gasteiger partial charge in [-0.2, -0.15) is 11.8 Å². The van der Waals surface area contributed by atoms with Crippen molar-refractivity contribution in [2.24, 2.45) is 4.99 Å². The van der Waals surface area contributed by atoms with Crippen LogP contribution in [0.1, 0.15) is 26.2 Å². The molecule has 1 aliphatic heterocycles. The maximum absolute atomic E-state index is 4.40. The minimum atomic E-state index is 0.622. The van der Waals surface area contributed by atoms with Crippen molar-refractivity contribution in [1.29, 1.82) is 0 Å². The van der Waals surface area contributed by atoms with Gasteiger partial charge in [0.1, 0.15) is 0 Å². The van der Waals surface area contributed by atoms with E-state index in [0.29, 0.717) is 6.04 Å². The predicted molar refractivity (Wildman–Crippen MR) is 57.1 cm³/mol. The molecule has 1 rings (SSSR count). The first-order chi connectivity index (χ1) is 5.86. The van der Waals surface area contributed by atoms with Gasteiger partial charge < -0.3 is 5.32 Å². The third-order valence-corrected chi connectivity index (χ3v) is 2.84. The summed E-state index contributed by atoms with van der Waals surface area (Å²) in [4.78, 5) is 4.40. The number of nitrogens with zero attached hydrogens (tertiary/aromatic N) is 1. The number of hydrogen-bond acceptors (Lipinski definition) is 3. The molecule has 2 nitrogen and oxygen atoms in total. The molecule has 12 heavy (non-hydrogen) atoms. The van der Waals surface area contributed by atoms with Gasteiger partial charge >= 0.3 is 0 Å². The highest BCUT2D eigenvalue weighted by Gasteiger charge is 2.10. The summed E-state index contributed by atoms with van der Waals surface area (Å²) in [6.45, 7) is 3.25. The van der Waals surface area contributed by atoms with E-state index in [9.17, 15) is 0 Å². The van der Waals surface area contributed by atoms with Crippen molar-refractivity contribution in [1.82, 2.24) is 5.32 Å². The van der Waals surface area contributed by atoms with Gasteiger partial charge in [-0.15, -0.1) is 0 Å². The Labute approximate surface area is 79.2 Å². The number of hydrogen-bond donors (Lipinski definition) is 1. The zero-order valence-corrected chi connectivity index (χ0v) is 8.78. The van der Waals surface area contributed by atoms with Crippen LogP contribution >= 0.6 is 11.8 Å². The second kappa shape index (κ2) is 5.46. The fraction of sp³-hybridized carbons (Fsp3) is 0.889. The van der Waals surface area contributed by atoms with E-state index in [4.69, 9.17) is 0 Å². The fourth-order valence-electron chi connectivity index (χ4n) is 1.36. The molecule has 1 aliphatic rings. The molecule has 0 saturated carbocycles. The van der Waals surface area contributed by atoms with Crippen molar-refractivity contribution in [3.8, 4) is 0 Å². The molecule has 0 aromatic rings. The third kappa shape index (κ3) is 3.05. The monoisotopic (exact) mass is 186 g/mol. The molecular formula is C9H18N2S. The van der Waals surface area contributed by atoms with E-state index < -0.39 is 0 Å². The van der Waals surface area contributed by atoms with Gasteiger partial charge in [0.05, 0.1) is 5.84 Å². The summed E-state index contributed by atoms with van der Waals surface area (Å²) in [6.07, 6.45) is 5.74. The molecule has 1 unspecified atom stereocenters. The topological polar surface area (TPSA) is 24.4 Å². The van der Waals surface area contributed by atoms with Gasteiger partial charge in [0.15, 0.2) is 0 Å². The van der Waals surface area contributed by atoms with Gasteiger partial charge in [0.25, 0.3) is 0 Å². The molecule has 70 valence electrons. The van der Waals surface area contributed by atoms with Crippen LogP contribution in [0, 0.1) is 0 Å². The van der Waals surface area contributed by atoms with E-state index in [-0.39, 0.29) is 0 Å². The Hall–Kier alpha value is -0.180. The molecule has 0 aliphatic carbocycles. The summed E-state index contributed by atoms with van der Waals surface area (Å²) in [5, 5.41) is 3.50. The molecule has 1 atom stereocenters. The zero-order chi connectivity index (χ0) is 8.81. The van der Waals surface area contributed by atoms with Crippen LogP contribution in [0.2, 0.25) is 0 Å². The zero-order valence-electron chi connectivity index (χ0n) is 7.97. The maximum Gasteiger partial charge on any atom is 0.0966 e. The largest absolute Gasteiger partial charge is 0.370 e.